The highest BCUT2D eigenvalue weighted by molar-refractivity contribution is 5.76. The number of rotatable bonds is 8. The van der Waals surface area contributed by atoms with E-state index in [9.17, 15) is 4.79 Å². The highest BCUT2D eigenvalue weighted by atomic mass is 16.5. The van der Waals surface area contributed by atoms with Gasteiger partial charge in [0.1, 0.15) is 0 Å². The second kappa shape index (κ2) is 6.93. The summed E-state index contributed by atoms with van der Waals surface area (Å²) in [6.07, 6.45) is 3.45. The van der Waals surface area contributed by atoms with Crippen LogP contribution in [0.2, 0.25) is 0 Å². The summed E-state index contributed by atoms with van der Waals surface area (Å²) in [4.78, 5) is 19.8. The van der Waals surface area contributed by atoms with Crippen molar-refractivity contribution in [3.63, 3.8) is 0 Å². The van der Waals surface area contributed by atoms with Gasteiger partial charge in [-0.15, -0.1) is 0 Å². The summed E-state index contributed by atoms with van der Waals surface area (Å²) in [6.45, 7) is 0.619. The molecule has 2 N–H and O–H groups in total. The zero-order valence-electron chi connectivity index (χ0n) is 11.8. The molecule has 1 aliphatic carbocycles. The summed E-state index contributed by atoms with van der Waals surface area (Å²) >= 11 is 0. The van der Waals surface area contributed by atoms with Gasteiger partial charge in [-0.1, -0.05) is 0 Å². The minimum atomic E-state index is 0.110. The Morgan fingerprint density at radius 2 is 1.95 bits per heavy atom. The Kier molecular flexibility index (Phi) is 4.97. The third-order valence-electron chi connectivity index (χ3n) is 2.90. The van der Waals surface area contributed by atoms with Crippen molar-refractivity contribution in [3.8, 4) is 11.8 Å². The first kappa shape index (κ1) is 14.4. The number of nitrogens with one attached hydrogen (secondary N) is 2. The Morgan fingerprint density at radius 3 is 2.50 bits per heavy atom. The zero-order chi connectivity index (χ0) is 14.4. The van der Waals surface area contributed by atoms with Gasteiger partial charge in [0.2, 0.25) is 23.6 Å². The molecule has 0 atom stereocenters. The minimum absolute atomic E-state index is 0.110. The van der Waals surface area contributed by atoms with Crippen molar-refractivity contribution in [3.05, 3.63) is 6.07 Å². The van der Waals surface area contributed by atoms with Crippen molar-refractivity contribution in [2.45, 2.75) is 31.7 Å². The van der Waals surface area contributed by atoms with Crippen LogP contribution in [0.25, 0.3) is 0 Å². The number of carbonyl (C=O) groups is 1. The van der Waals surface area contributed by atoms with Crippen molar-refractivity contribution in [2.75, 3.05) is 26.1 Å². The zero-order valence-corrected chi connectivity index (χ0v) is 11.8. The van der Waals surface area contributed by atoms with E-state index in [1.165, 1.54) is 14.2 Å². The first-order valence-electron chi connectivity index (χ1n) is 6.71. The lowest BCUT2D eigenvalue weighted by molar-refractivity contribution is -0.121. The van der Waals surface area contributed by atoms with Crippen LogP contribution < -0.4 is 20.1 Å². The van der Waals surface area contributed by atoms with E-state index >= 15 is 0 Å². The Morgan fingerprint density at radius 1 is 1.30 bits per heavy atom. The maximum atomic E-state index is 11.5. The molecule has 20 heavy (non-hydrogen) atoms. The highest BCUT2D eigenvalue weighted by Crippen LogP contribution is 2.19. The van der Waals surface area contributed by atoms with Crippen LogP contribution in [0.4, 0.5) is 5.95 Å². The Labute approximate surface area is 118 Å². The standard InChI is InChI=1S/C13H20N4O3/c1-19-11-8-12(20-2)17-13(16-11)14-7-3-4-10(18)15-9-5-6-9/h8-9H,3-7H2,1-2H3,(H,15,18)(H,14,16,17). The molecule has 7 heteroatoms. The molecule has 1 amide bonds. The third-order valence-corrected chi connectivity index (χ3v) is 2.90. The van der Waals surface area contributed by atoms with E-state index in [4.69, 9.17) is 9.47 Å². The lowest BCUT2D eigenvalue weighted by Gasteiger charge is -2.08. The van der Waals surface area contributed by atoms with Gasteiger partial charge in [-0.25, -0.2) is 0 Å². The fraction of sp³-hybridized carbons (Fsp3) is 0.615. The maximum absolute atomic E-state index is 11.5. The SMILES string of the molecule is COc1cc(OC)nc(NCCCC(=O)NC2CC2)n1. The van der Waals surface area contributed by atoms with Crippen molar-refractivity contribution < 1.29 is 14.3 Å². The van der Waals surface area contributed by atoms with Crippen LogP contribution in [0.3, 0.4) is 0 Å². The number of aromatic nitrogens is 2. The molecule has 1 heterocycles. The largest absolute Gasteiger partial charge is 0.481 e. The summed E-state index contributed by atoms with van der Waals surface area (Å²) in [5, 5.41) is 6.01. The number of hydrogen-bond donors (Lipinski definition) is 2. The quantitative estimate of drug-likeness (QED) is 0.690. The van der Waals surface area contributed by atoms with Gasteiger partial charge in [0, 0.05) is 19.0 Å². The van der Waals surface area contributed by atoms with E-state index in [1.807, 2.05) is 0 Å². The average molecular weight is 280 g/mol. The summed E-state index contributed by atoms with van der Waals surface area (Å²) in [7, 11) is 3.07. The number of hydrogen-bond acceptors (Lipinski definition) is 6. The molecule has 1 aliphatic rings. The summed E-state index contributed by atoms with van der Waals surface area (Å²) in [6, 6.07) is 2.02. The molecular weight excluding hydrogens is 260 g/mol. The first-order chi connectivity index (χ1) is 9.71. The smallest absolute Gasteiger partial charge is 0.229 e. The molecule has 0 unspecified atom stereocenters. The van der Waals surface area contributed by atoms with E-state index in [0.29, 0.717) is 36.7 Å². The van der Waals surface area contributed by atoms with Crippen LogP contribution in [0, 0.1) is 0 Å². The predicted octanol–water partition coefficient (Wildman–Crippen LogP) is 0.964. The number of nitrogens with zero attached hydrogens (tertiary/aromatic N) is 2. The fourth-order valence-electron chi connectivity index (χ4n) is 1.67. The molecule has 0 spiro atoms. The topological polar surface area (TPSA) is 85.4 Å². The fourth-order valence-corrected chi connectivity index (χ4v) is 1.67. The molecule has 7 nitrogen and oxygen atoms in total. The molecule has 0 aliphatic heterocycles. The second-order valence-corrected chi connectivity index (χ2v) is 4.65. The van der Waals surface area contributed by atoms with Crippen LogP contribution in [-0.4, -0.2) is 42.7 Å². The van der Waals surface area contributed by atoms with Crippen LogP contribution in [0.5, 0.6) is 11.8 Å². The third kappa shape index (κ3) is 4.56. The van der Waals surface area contributed by atoms with E-state index in [0.717, 1.165) is 19.3 Å². The second-order valence-electron chi connectivity index (χ2n) is 4.65. The lowest BCUT2D eigenvalue weighted by Crippen LogP contribution is -2.25. The molecule has 1 saturated carbocycles. The summed E-state index contributed by atoms with van der Waals surface area (Å²) in [5.74, 6) is 1.42. The molecule has 1 aromatic rings. The summed E-state index contributed by atoms with van der Waals surface area (Å²) < 4.78 is 10.1. The van der Waals surface area contributed by atoms with Crippen molar-refractivity contribution in [1.29, 1.82) is 0 Å². The van der Waals surface area contributed by atoms with Crippen LogP contribution in [0.1, 0.15) is 25.7 Å². The Bertz CT molecular complexity index is 441. The van der Waals surface area contributed by atoms with Gasteiger partial charge in [0.05, 0.1) is 20.3 Å². The highest BCUT2D eigenvalue weighted by Gasteiger charge is 2.22. The van der Waals surface area contributed by atoms with Gasteiger partial charge in [-0.2, -0.15) is 9.97 Å². The van der Waals surface area contributed by atoms with Gasteiger partial charge in [-0.05, 0) is 19.3 Å². The van der Waals surface area contributed by atoms with Crippen molar-refractivity contribution >= 4 is 11.9 Å². The molecule has 110 valence electrons. The van der Waals surface area contributed by atoms with E-state index in [2.05, 4.69) is 20.6 Å². The van der Waals surface area contributed by atoms with E-state index in [1.54, 1.807) is 6.07 Å². The van der Waals surface area contributed by atoms with Crippen LogP contribution >= 0.6 is 0 Å². The van der Waals surface area contributed by atoms with Crippen LogP contribution in [-0.2, 0) is 4.79 Å². The molecule has 0 bridgehead atoms. The molecule has 2 rings (SSSR count). The molecule has 0 saturated heterocycles. The number of amides is 1. The molecule has 1 fully saturated rings. The number of ether oxygens (including phenoxy) is 2. The van der Waals surface area contributed by atoms with Crippen molar-refractivity contribution in [2.24, 2.45) is 0 Å². The molecule has 0 radical (unpaired) electrons. The predicted molar refractivity (Wildman–Crippen MR) is 74.0 cm³/mol. The maximum Gasteiger partial charge on any atom is 0.229 e. The number of methoxy groups -OCH3 is 2. The van der Waals surface area contributed by atoms with E-state index in [-0.39, 0.29) is 5.91 Å². The molecule has 1 aromatic heterocycles. The van der Waals surface area contributed by atoms with Crippen LogP contribution in [0.15, 0.2) is 6.07 Å². The Balaban J connectivity index is 1.73. The number of carbonyl (C=O) groups excluding carboxylic acids is 1. The lowest BCUT2D eigenvalue weighted by atomic mass is 10.3. The number of anilines is 1. The van der Waals surface area contributed by atoms with Gasteiger partial charge < -0.3 is 20.1 Å². The van der Waals surface area contributed by atoms with Gasteiger partial charge in [-0.3, -0.25) is 4.79 Å². The van der Waals surface area contributed by atoms with Crippen molar-refractivity contribution in [1.82, 2.24) is 15.3 Å². The van der Waals surface area contributed by atoms with Gasteiger partial charge in [0.15, 0.2) is 0 Å². The van der Waals surface area contributed by atoms with Gasteiger partial charge >= 0.3 is 0 Å². The molecule has 0 aromatic carbocycles. The summed E-state index contributed by atoms with van der Waals surface area (Å²) in [5.41, 5.74) is 0. The average Bonchev–Trinajstić information content (AvgIpc) is 3.27. The normalized spacial score (nSPS) is 13.7. The monoisotopic (exact) mass is 280 g/mol. The minimum Gasteiger partial charge on any atom is -0.481 e. The Hall–Kier alpha value is -2.05. The first-order valence-corrected chi connectivity index (χ1v) is 6.71. The van der Waals surface area contributed by atoms with Gasteiger partial charge in [0.25, 0.3) is 0 Å². The molecular formula is C13H20N4O3. The van der Waals surface area contributed by atoms with E-state index < -0.39 is 0 Å².